The van der Waals surface area contributed by atoms with Gasteiger partial charge in [0.2, 0.25) is 5.95 Å². The van der Waals surface area contributed by atoms with Gasteiger partial charge in [-0.15, -0.1) is 0 Å². The summed E-state index contributed by atoms with van der Waals surface area (Å²) in [4.78, 5) is 8.97. The standard InChI is InChI=1S/C14H22N6O/c1-3-6-15-13-18-11(10-8-17-20-12(10)19-13)16-9-14(2)5-4-7-21-14/h8H,3-7,9H2,1-2H3,(H3,15,16,17,18,19,20). The summed E-state index contributed by atoms with van der Waals surface area (Å²) in [7, 11) is 0. The third-order valence-electron chi connectivity index (χ3n) is 3.77. The second-order valence-corrected chi connectivity index (χ2v) is 5.71. The van der Waals surface area contributed by atoms with Gasteiger partial charge in [0.15, 0.2) is 5.65 Å². The Labute approximate surface area is 123 Å². The number of aromatic nitrogens is 4. The molecule has 0 bridgehead atoms. The van der Waals surface area contributed by atoms with Gasteiger partial charge in [-0.3, -0.25) is 5.10 Å². The number of ether oxygens (including phenoxy) is 1. The zero-order chi connectivity index (χ0) is 14.7. The van der Waals surface area contributed by atoms with Crippen molar-refractivity contribution in [1.82, 2.24) is 20.2 Å². The van der Waals surface area contributed by atoms with Gasteiger partial charge in [0, 0.05) is 19.7 Å². The quantitative estimate of drug-likeness (QED) is 0.755. The molecule has 1 atom stereocenters. The average Bonchev–Trinajstić information content (AvgIpc) is 3.12. The number of H-pyrrole nitrogens is 1. The van der Waals surface area contributed by atoms with Gasteiger partial charge in [-0.25, -0.2) is 0 Å². The van der Waals surface area contributed by atoms with Crippen LogP contribution in [0, 0.1) is 0 Å². The first-order valence-corrected chi connectivity index (χ1v) is 7.53. The van der Waals surface area contributed by atoms with Crippen molar-refractivity contribution in [2.45, 2.75) is 38.7 Å². The number of hydrogen-bond donors (Lipinski definition) is 3. The highest BCUT2D eigenvalue weighted by Gasteiger charge is 2.29. The SMILES string of the molecule is CCCNc1nc(NCC2(C)CCCO2)c2cn[nH]c2n1. The fraction of sp³-hybridized carbons (Fsp3) is 0.643. The van der Waals surface area contributed by atoms with Crippen LogP contribution in [0.4, 0.5) is 11.8 Å². The van der Waals surface area contributed by atoms with Gasteiger partial charge >= 0.3 is 0 Å². The molecule has 0 aliphatic carbocycles. The van der Waals surface area contributed by atoms with E-state index in [4.69, 9.17) is 4.74 Å². The molecule has 2 aromatic heterocycles. The molecule has 3 rings (SSSR count). The summed E-state index contributed by atoms with van der Waals surface area (Å²) in [5.41, 5.74) is 0.626. The van der Waals surface area contributed by atoms with Gasteiger partial charge in [-0.2, -0.15) is 15.1 Å². The van der Waals surface area contributed by atoms with Crippen LogP contribution in [0.1, 0.15) is 33.1 Å². The lowest BCUT2D eigenvalue weighted by atomic mass is 10.0. The van der Waals surface area contributed by atoms with Crippen molar-refractivity contribution in [2.24, 2.45) is 0 Å². The van der Waals surface area contributed by atoms with Crippen LogP contribution < -0.4 is 10.6 Å². The molecular formula is C14H22N6O. The maximum Gasteiger partial charge on any atom is 0.226 e. The lowest BCUT2D eigenvalue weighted by Gasteiger charge is -2.23. The zero-order valence-electron chi connectivity index (χ0n) is 12.6. The van der Waals surface area contributed by atoms with Crippen LogP contribution in [0.2, 0.25) is 0 Å². The Morgan fingerprint density at radius 3 is 3.05 bits per heavy atom. The van der Waals surface area contributed by atoms with E-state index in [9.17, 15) is 0 Å². The van der Waals surface area contributed by atoms with Gasteiger partial charge in [0.1, 0.15) is 5.82 Å². The van der Waals surface area contributed by atoms with E-state index in [0.29, 0.717) is 5.95 Å². The number of aromatic amines is 1. The van der Waals surface area contributed by atoms with Gasteiger partial charge in [0.25, 0.3) is 0 Å². The van der Waals surface area contributed by atoms with Crippen LogP contribution in [0.3, 0.4) is 0 Å². The molecule has 3 heterocycles. The summed E-state index contributed by atoms with van der Waals surface area (Å²) in [5, 5.41) is 14.5. The van der Waals surface area contributed by atoms with Gasteiger partial charge in [-0.05, 0) is 26.2 Å². The highest BCUT2D eigenvalue weighted by Crippen LogP contribution is 2.27. The number of fused-ring (bicyclic) bond motifs is 1. The minimum Gasteiger partial charge on any atom is -0.373 e. The Morgan fingerprint density at radius 2 is 2.29 bits per heavy atom. The summed E-state index contributed by atoms with van der Waals surface area (Å²) in [6.45, 7) is 6.67. The lowest BCUT2D eigenvalue weighted by Crippen LogP contribution is -2.32. The van der Waals surface area contributed by atoms with E-state index in [1.165, 1.54) is 0 Å². The maximum absolute atomic E-state index is 5.81. The van der Waals surface area contributed by atoms with E-state index < -0.39 is 0 Å². The van der Waals surface area contributed by atoms with Crippen LogP contribution in [0.25, 0.3) is 11.0 Å². The Kier molecular flexibility index (Phi) is 3.92. The Morgan fingerprint density at radius 1 is 1.38 bits per heavy atom. The third-order valence-corrected chi connectivity index (χ3v) is 3.77. The number of nitrogens with zero attached hydrogens (tertiary/aromatic N) is 3. The maximum atomic E-state index is 5.81. The molecule has 0 aromatic carbocycles. The fourth-order valence-electron chi connectivity index (χ4n) is 2.53. The van der Waals surface area contributed by atoms with Gasteiger partial charge in [0.05, 0.1) is 17.2 Å². The van der Waals surface area contributed by atoms with Crippen LogP contribution in [0.15, 0.2) is 6.20 Å². The third kappa shape index (κ3) is 3.07. The second kappa shape index (κ2) is 5.85. The largest absolute Gasteiger partial charge is 0.373 e. The summed E-state index contributed by atoms with van der Waals surface area (Å²) < 4.78 is 5.81. The predicted molar refractivity (Wildman–Crippen MR) is 82.5 cm³/mol. The van der Waals surface area contributed by atoms with Crippen molar-refractivity contribution in [3.63, 3.8) is 0 Å². The summed E-state index contributed by atoms with van der Waals surface area (Å²) in [6, 6.07) is 0. The predicted octanol–water partition coefficient (Wildman–Crippen LogP) is 2.16. The van der Waals surface area contributed by atoms with Crippen LogP contribution in [0.5, 0.6) is 0 Å². The van der Waals surface area contributed by atoms with Crippen molar-refractivity contribution in [1.29, 1.82) is 0 Å². The van der Waals surface area contributed by atoms with Gasteiger partial charge in [-0.1, -0.05) is 6.92 Å². The molecule has 7 heteroatoms. The van der Waals surface area contributed by atoms with Crippen LogP contribution in [-0.2, 0) is 4.74 Å². The van der Waals surface area contributed by atoms with Crippen LogP contribution >= 0.6 is 0 Å². The molecule has 0 saturated carbocycles. The van der Waals surface area contributed by atoms with E-state index in [-0.39, 0.29) is 5.60 Å². The Balaban J connectivity index is 1.80. The van der Waals surface area contributed by atoms with Crippen molar-refractivity contribution < 1.29 is 4.74 Å². The van der Waals surface area contributed by atoms with Gasteiger partial charge < -0.3 is 15.4 Å². The Bertz CT molecular complexity index is 605. The fourth-order valence-corrected chi connectivity index (χ4v) is 2.53. The van der Waals surface area contributed by atoms with E-state index in [1.807, 2.05) is 0 Å². The number of rotatable bonds is 6. The molecule has 3 N–H and O–H groups in total. The molecule has 0 amide bonds. The average molecular weight is 290 g/mol. The topological polar surface area (TPSA) is 87.8 Å². The smallest absolute Gasteiger partial charge is 0.226 e. The van der Waals surface area contributed by atoms with Crippen molar-refractivity contribution in [3.05, 3.63) is 6.20 Å². The van der Waals surface area contributed by atoms with E-state index in [1.54, 1.807) is 6.20 Å². The number of hydrogen-bond acceptors (Lipinski definition) is 6. The minimum absolute atomic E-state index is 0.113. The van der Waals surface area contributed by atoms with E-state index in [0.717, 1.165) is 55.8 Å². The molecule has 1 aliphatic rings. The second-order valence-electron chi connectivity index (χ2n) is 5.71. The molecule has 0 spiro atoms. The van der Waals surface area contributed by atoms with Crippen molar-refractivity contribution >= 4 is 22.8 Å². The molecule has 1 fully saturated rings. The highest BCUT2D eigenvalue weighted by molar-refractivity contribution is 5.86. The minimum atomic E-state index is -0.113. The molecular weight excluding hydrogens is 268 g/mol. The van der Waals surface area contributed by atoms with Crippen LogP contribution in [-0.4, -0.2) is 45.5 Å². The number of nitrogens with one attached hydrogen (secondary N) is 3. The highest BCUT2D eigenvalue weighted by atomic mass is 16.5. The lowest BCUT2D eigenvalue weighted by molar-refractivity contribution is 0.0315. The molecule has 1 saturated heterocycles. The summed E-state index contributed by atoms with van der Waals surface area (Å²) >= 11 is 0. The first-order valence-electron chi connectivity index (χ1n) is 7.53. The molecule has 2 aromatic rings. The molecule has 1 unspecified atom stereocenters. The molecule has 0 radical (unpaired) electrons. The summed E-state index contributed by atoms with van der Waals surface area (Å²) in [5.74, 6) is 1.41. The van der Waals surface area contributed by atoms with Crippen molar-refractivity contribution in [2.75, 3.05) is 30.3 Å². The molecule has 114 valence electrons. The number of anilines is 2. The normalized spacial score (nSPS) is 21.8. The zero-order valence-corrected chi connectivity index (χ0v) is 12.6. The van der Waals surface area contributed by atoms with E-state index >= 15 is 0 Å². The first kappa shape index (κ1) is 14.1. The monoisotopic (exact) mass is 290 g/mol. The molecule has 1 aliphatic heterocycles. The summed E-state index contributed by atoms with van der Waals surface area (Å²) in [6.07, 6.45) is 4.96. The molecule has 21 heavy (non-hydrogen) atoms. The molecule has 7 nitrogen and oxygen atoms in total. The van der Waals surface area contributed by atoms with E-state index in [2.05, 4.69) is 44.6 Å². The Hall–Kier alpha value is -1.89. The van der Waals surface area contributed by atoms with Crippen molar-refractivity contribution in [3.8, 4) is 0 Å². The first-order chi connectivity index (χ1) is 10.2.